The Hall–Kier alpha value is -1.30. The van der Waals surface area contributed by atoms with E-state index in [0.29, 0.717) is 13.0 Å². The molecule has 1 rings (SSSR count). The SMILES string of the molecule is Cc1cc(C(C)(C)C)n(CCC#N)n1. The number of rotatable bonds is 2. The lowest BCUT2D eigenvalue weighted by atomic mass is 9.92. The zero-order valence-electron chi connectivity index (χ0n) is 9.33. The second-order valence-electron chi connectivity index (χ2n) is 4.55. The summed E-state index contributed by atoms with van der Waals surface area (Å²) in [6, 6.07) is 4.24. The van der Waals surface area contributed by atoms with Gasteiger partial charge in [-0.15, -0.1) is 0 Å². The second-order valence-corrected chi connectivity index (χ2v) is 4.55. The third-order valence-electron chi connectivity index (χ3n) is 2.11. The van der Waals surface area contributed by atoms with Gasteiger partial charge in [0.15, 0.2) is 0 Å². The minimum atomic E-state index is 0.0940. The highest BCUT2D eigenvalue weighted by Crippen LogP contribution is 2.22. The summed E-state index contributed by atoms with van der Waals surface area (Å²) in [5.74, 6) is 0. The first kappa shape index (κ1) is 10.8. The molecule has 0 aromatic carbocycles. The largest absolute Gasteiger partial charge is 0.268 e. The summed E-state index contributed by atoms with van der Waals surface area (Å²) in [4.78, 5) is 0. The Morgan fingerprint density at radius 3 is 2.64 bits per heavy atom. The number of nitriles is 1. The number of aryl methyl sites for hydroxylation is 2. The van der Waals surface area contributed by atoms with Gasteiger partial charge in [-0.3, -0.25) is 4.68 Å². The van der Waals surface area contributed by atoms with Crippen molar-refractivity contribution >= 4 is 0 Å². The fraction of sp³-hybridized carbons (Fsp3) is 0.636. The zero-order valence-corrected chi connectivity index (χ0v) is 9.33. The van der Waals surface area contributed by atoms with Gasteiger partial charge in [0.2, 0.25) is 0 Å². The smallest absolute Gasteiger partial charge is 0.0641 e. The van der Waals surface area contributed by atoms with Crippen LogP contribution < -0.4 is 0 Å². The molecule has 0 amide bonds. The van der Waals surface area contributed by atoms with Crippen molar-refractivity contribution in [3.8, 4) is 6.07 Å². The average Bonchev–Trinajstić information content (AvgIpc) is 2.42. The molecule has 0 saturated heterocycles. The van der Waals surface area contributed by atoms with Gasteiger partial charge in [-0.05, 0) is 13.0 Å². The molecule has 1 aromatic rings. The highest BCUT2D eigenvalue weighted by molar-refractivity contribution is 5.17. The van der Waals surface area contributed by atoms with Crippen LogP contribution in [0.25, 0.3) is 0 Å². The van der Waals surface area contributed by atoms with E-state index in [2.05, 4.69) is 38.0 Å². The first-order valence-electron chi connectivity index (χ1n) is 4.87. The number of aromatic nitrogens is 2. The van der Waals surface area contributed by atoms with Gasteiger partial charge in [-0.2, -0.15) is 10.4 Å². The van der Waals surface area contributed by atoms with Gasteiger partial charge in [-0.25, -0.2) is 0 Å². The van der Waals surface area contributed by atoms with Crippen molar-refractivity contribution in [3.63, 3.8) is 0 Å². The highest BCUT2D eigenvalue weighted by atomic mass is 15.3. The molecule has 0 radical (unpaired) electrons. The Labute approximate surface area is 85.4 Å². The van der Waals surface area contributed by atoms with E-state index in [1.807, 2.05) is 11.6 Å². The molecule has 3 heteroatoms. The monoisotopic (exact) mass is 191 g/mol. The van der Waals surface area contributed by atoms with Crippen LogP contribution in [0, 0.1) is 18.3 Å². The lowest BCUT2D eigenvalue weighted by Gasteiger charge is -2.19. The fourth-order valence-electron chi connectivity index (χ4n) is 1.48. The van der Waals surface area contributed by atoms with E-state index in [1.165, 1.54) is 5.69 Å². The van der Waals surface area contributed by atoms with Crippen LogP contribution >= 0.6 is 0 Å². The summed E-state index contributed by atoms with van der Waals surface area (Å²) in [5.41, 5.74) is 2.31. The van der Waals surface area contributed by atoms with Crippen LogP contribution in [0.3, 0.4) is 0 Å². The molecule has 0 unspecified atom stereocenters. The Bertz CT molecular complexity index is 350. The minimum absolute atomic E-state index is 0.0940. The normalized spacial score (nSPS) is 11.4. The molecule has 0 spiro atoms. The Morgan fingerprint density at radius 1 is 1.50 bits per heavy atom. The van der Waals surface area contributed by atoms with Gasteiger partial charge in [0.1, 0.15) is 0 Å². The molecule has 0 bridgehead atoms. The Kier molecular flexibility index (Phi) is 2.95. The number of hydrogen-bond acceptors (Lipinski definition) is 2. The molecule has 0 aliphatic heterocycles. The van der Waals surface area contributed by atoms with Gasteiger partial charge < -0.3 is 0 Å². The molecule has 3 nitrogen and oxygen atoms in total. The van der Waals surface area contributed by atoms with Gasteiger partial charge in [-0.1, -0.05) is 20.8 Å². The van der Waals surface area contributed by atoms with Crippen LogP contribution in [-0.2, 0) is 12.0 Å². The van der Waals surface area contributed by atoms with Crippen LogP contribution in [-0.4, -0.2) is 9.78 Å². The molecule has 0 atom stereocenters. The zero-order chi connectivity index (χ0) is 10.8. The van der Waals surface area contributed by atoms with Crippen molar-refractivity contribution in [2.75, 3.05) is 0 Å². The summed E-state index contributed by atoms with van der Waals surface area (Å²) in [7, 11) is 0. The van der Waals surface area contributed by atoms with Crippen LogP contribution in [0.2, 0.25) is 0 Å². The van der Waals surface area contributed by atoms with Gasteiger partial charge >= 0.3 is 0 Å². The summed E-state index contributed by atoms with van der Waals surface area (Å²) in [5, 5.41) is 12.9. The van der Waals surface area contributed by atoms with E-state index < -0.39 is 0 Å². The van der Waals surface area contributed by atoms with E-state index in [4.69, 9.17) is 5.26 Å². The van der Waals surface area contributed by atoms with Crippen LogP contribution in [0.5, 0.6) is 0 Å². The van der Waals surface area contributed by atoms with E-state index in [1.54, 1.807) is 0 Å². The predicted molar refractivity (Wildman–Crippen MR) is 55.9 cm³/mol. The van der Waals surface area contributed by atoms with Crippen molar-refractivity contribution < 1.29 is 0 Å². The maximum absolute atomic E-state index is 8.54. The van der Waals surface area contributed by atoms with Crippen molar-refractivity contribution in [2.45, 2.75) is 46.1 Å². The summed E-state index contributed by atoms with van der Waals surface area (Å²) < 4.78 is 1.94. The Balaban J connectivity index is 2.98. The van der Waals surface area contributed by atoms with Crippen LogP contribution in [0.15, 0.2) is 6.07 Å². The lowest BCUT2D eigenvalue weighted by Crippen LogP contribution is -2.18. The van der Waals surface area contributed by atoms with E-state index in [-0.39, 0.29) is 5.41 Å². The second kappa shape index (κ2) is 3.83. The van der Waals surface area contributed by atoms with E-state index >= 15 is 0 Å². The summed E-state index contributed by atoms with van der Waals surface area (Å²) in [6.45, 7) is 9.15. The molecular formula is C11H17N3. The third-order valence-corrected chi connectivity index (χ3v) is 2.11. The summed E-state index contributed by atoms with van der Waals surface area (Å²) >= 11 is 0. The van der Waals surface area contributed by atoms with E-state index in [9.17, 15) is 0 Å². The number of hydrogen-bond donors (Lipinski definition) is 0. The standard InChI is InChI=1S/C11H17N3/c1-9-8-10(11(2,3)4)14(13-9)7-5-6-12/h8H,5,7H2,1-4H3. The van der Waals surface area contributed by atoms with Crippen LogP contribution in [0.4, 0.5) is 0 Å². The predicted octanol–water partition coefficient (Wildman–Crippen LogP) is 2.40. The minimum Gasteiger partial charge on any atom is -0.268 e. The molecule has 0 N–H and O–H groups in total. The van der Waals surface area contributed by atoms with Crippen molar-refractivity contribution in [3.05, 3.63) is 17.5 Å². The highest BCUT2D eigenvalue weighted by Gasteiger charge is 2.19. The quantitative estimate of drug-likeness (QED) is 0.720. The first-order chi connectivity index (χ1) is 6.45. The molecular weight excluding hydrogens is 174 g/mol. The Morgan fingerprint density at radius 2 is 2.14 bits per heavy atom. The average molecular weight is 191 g/mol. The van der Waals surface area contributed by atoms with Crippen molar-refractivity contribution in [1.82, 2.24) is 9.78 Å². The maximum Gasteiger partial charge on any atom is 0.0641 e. The fourth-order valence-corrected chi connectivity index (χ4v) is 1.48. The van der Waals surface area contributed by atoms with Crippen LogP contribution in [0.1, 0.15) is 38.6 Å². The van der Waals surface area contributed by atoms with Gasteiger partial charge in [0.05, 0.1) is 24.7 Å². The lowest BCUT2D eigenvalue weighted by molar-refractivity contribution is 0.488. The van der Waals surface area contributed by atoms with Crippen molar-refractivity contribution in [2.24, 2.45) is 0 Å². The maximum atomic E-state index is 8.54. The molecule has 0 aliphatic carbocycles. The number of nitrogens with zero attached hydrogens (tertiary/aromatic N) is 3. The first-order valence-corrected chi connectivity index (χ1v) is 4.87. The van der Waals surface area contributed by atoms with Gasteiger partial charge in [0.25, 0.3) is 0 Å². The van der Waals surface area contributed by atoms with E-state index in [0.717, 1.165) is 5.69 Å². The third kappa shape index (κ3) is 2.35. The topological polar surface area (TPSA) is 41.6 Å². The summed E-state index contributed by atoms with van der Waals surface area (Å²) in [6.07, 6.45) is 0.518. The molecule has 76 valence electrons. The molecule has 1 aromatic heterocycles. The molecule has 0 fully saturated rings. The molecule has 0 aliphatic rings. The molecule has 0 saturated carbocycles. The molecule has 14 heavy (non-hydrogen) atoms. The van der Waals surface area contributed by atoms with Crippen molar-refractivity contribution in [1.29, 1.82) is 5.26 Å². The molecule has 1 heterocycles. The van der Waals surface area contributed by atoms with Gasteiger partial charge in [0, 0.05) is 11.1 Å².